The van der Waals surface area contributed by atoms with E-state index in [1.807, 2.05) is 0 Å². The highest BCUT2D eigenvalue weighted by molar-refractivity contribution is 7.91. The number of hydrogen-bond donors (Lipinski definition) is 0. The van der Waals surface area contributed by atoms with Gasteiger partial charge in [-0.3, -0.25) is 4.79 Å². The summed E-state index contributed by atoms with van der Waals surface area (Å²) in [6.45, 7) is 0.620. The van der Waals surface area contributed by atoms with Crippen molar-refractivity contribution < 1.29 is 17.9 Å². The number of rotatable bonds is 2. The molecule has 0 N–H and O–H groups in total. The van der Waals surface area contributed by atoms with Gasteiger partial charge in [-0.05, 0) is 0 Å². The molecule has 1 aliphatic rings. The third-order valence-electron chi connectivity index (χ3n) is 1.96. The largest absolute Gasteiger partial charge is 0.375 e. The molecule has 1 saturated heterocycles. The Morgan fingerprint density at radius 3 is 2.38 bits per heavy atom. The zero-order valence-electron chi connectivity index (χ0n) is 7.52. The molecule has 0 aromatic rings. The van der Waals surface area contributed by atoms with Crippen LogP contribution >= 0.6 is 0 Å². The van der Waals surface area contributed by atoms with E-state index in [0.29, 0.717) is 13.1 Å². The van der Waals surface area contributed by atoms with Gasteiger partial charge in [0.15, 0.2) is 9.84 Å². The van der Waals surface area contributed by atoms with Crippen LogP contribution in [-0.4, -0.2) is 57.5 Å². The Kier molecular flexibility index (Phi) is 3.27. The van der Waals surface area contributed by atoms with Crippen molar-refractivity contribution in [3.05, 3.63) is 0 Å². The van der Waals surface area contributed by atoms with Crippen LogP contribution in [0.3, 0.4) is 0 Å². The Hall–Kier alpha value is -0.620. The standard InChI is InChI=1S/C7H13NO4S/c1-12-6-7(9)8-2-4-13(10,11)5-3-8/h2-6H2,1H3. The second-order valence-corrected chi connectivity index (χ2v) is 5.27. The molecule has 0 aromatic heterocycles. The molecule has 0 atom stereocenters. The van der Waals surface area contributed by atoms with Gasteiger partial charge in [0.05, 0.1) is 11.5 Å². The molecule has 0 aromatic carbocycles. The molecule has 0 aliphatic carbocycles. The Bertz CT molecular complexity index is 271. The third kappa shape index (κ3) is 2.96. The Labute approximate surface area is 77.6 Å². The SMILES string of the molecule is COCC(=O)N1CCS(=O)(=O)CC1. The molecular weight excluding hydrogens is 194 g/mol. The lowest BCUT2D eigenvalue weighted by atomic mass is 10.4. The number of nitrogens with zero attached hydrogens (tertiary/aromatic N) is 1. The van der Waals surface area contributed by atoms with Crippen LogP contribution in [0, 0.1) is 0 Å². The van der Waals surface area contributed by atoms with Crippen molar-refractivity contribution in [2.24, 2.45) is 0 Å². The van der Waals surface area contributed by atoms with Crippen LogP contribution in [0.4, 0.5) is 0 Å². The Balaban J connectivity index is 2.45. The number of amides is 1. The molecule has 76 valence electrons. The van der Waals surface area contributed by atoms with Gasteiger partial charge in [0, 0.05) is 20.2 Å². The van der Waals surface area contributed by atoms with Crippen LogP contribution in [0.25, 0.3) is 0 Å². The van der Waals surface area contributed by atoms with Gasteiger partial charge in [-0.15, -0.1) is 0 Å². The van der Waals surface area contributed by atoms with Gasteiger partial charge in [0.1, 0.15) is 6.61 Å². The zero-order chi connectivity index (χ0) is 9.90. The molecule has 0 spiro atoms. The molecule has 0 bridgehead atoms. The van der Waals surface area contributed by atoms with Crippen molar-refractivity contribution in [2.45, 2.75) is 0 Å². The summed E-state index contributed by atoms with van der Waals surface area (Å²) >= 11 is 0. The molecule has 6 heteroatoms. The minimum Gasteiger partial charge on any atom is -0.375 e. The summed E-state index contributed by atoms with van der Waals surface area (Å²) in [6.07, 6.45) is 0. The zero-order valence-corrected chi connectivity index (χ0v) is 8.34. The minimum atomic E-state index is -2.90. The average molecular weight is 207 g/mol. The number of sulfone groups is 1. The second-order valence-electron chi connectivity index (χ2n) is 2.97. The van der Waals surface area contributed by atoms with Gasteiger partial charge in [0.2, 0.25) is 5.91 Å². The Morgan fingerprint density at radius 1 is 1.38 bits per heavy atom. The summed E-state index contributed by atoms with van der Waals surface area (Å²) in [4.78, 5) is 12.7. The summed E-state index contributed by atoms with van der Waals surface area (Å²) < 4.78 is 26.7. The van der Waals surface area contributed by atoms with E-state index >= 15 is 0 Å². The fourth-order valence-corrected chi connectivity index (χ4v) is 2.38. The maximum Gasteiger partial charge on any atom is 0.248 e. The number of carbonyl (C=O) groups is 1. The van der Waals surface area contributed by atoms with E-state index < -0.39 is 9.84 Å². The smallest absolute Gasteiger partial charge is 0.248 e. The predicted molar refractivity (Wildman–Crippen MR) is 47.1 cm³/mol. The first-order valence-corrected chi connectivity index (χ1v) is 5.84. The normalized spacial score (nSPS) is 21.5. The number of methoxy groups -OCH3 is 1. The molecule has 5 nitrogen and oxygen atoms in total. The van der Waals surface area contributed by atoms with E-state index in [1.165, 1.54) is 12.0 Å². The summed E-state index contributed by atoms with van der Waals surface area (Å²) in [6, 6.07) is 0. The molecule has 1 rings (SSSR count). The predicted octanol–water partition coefficient (Wildman–Crippen LogP) is -1.11. The maximum atomic E-state index is 11.2. The van der Waals surface area contributed by atoms with E-state index in [1.54, 1.807) is 0 Å². The molecule has 1 fully saturated rings. The van der Waals surface area contributed by atoms with E-state index in [0.717, 1.165) is 0 Å². The van der Waals surface area contributed by atoms with Crippen molar-refractivity contribution in [1.82, 2.24) is 4.90 Å². The molecular formula is C7H13NO4S. The van der Waals surface area contributed by atoms with Crippen molar-refractivity contribution in [1.29, 1.82) is 0 Å². The highest BCUT2D eigenvalue weighted by Crippen LogP contribution is 2.03. The van der Waals surface area contributed by atoms with Crippen LogP contribution < -0.4 is 0 Å². The third-order valence-corrected chi connectivity index (χ3v) is 3.57. The Morgan fingerprint density at radius 2 is 1.92 bits per heavy atom. The lowest BCUT2D eigenvalue weighted by molar-refractivity contribution is -0.134. The number of carbonyl (C=O) groups excluding carboxylic acids is 1. The summed E-state index contributed by atoms with van der Waals surface area (Å²) in [5.41, 5.74) is 0. The molecule has 1 heterocycles. The topological polar surface area (TPSA) is 63.7 Å². The van der Waals surface area contributed by atoms with Crippen LogP contribution in [0.2, 0.25) is 0 Å². The fourth-order valence-electron chi connectivity index (χ4n) is 1.18. The van der Waals surface area contributed by atoms with E-state index in [9.17, 15) is 13.2 Å². The summed E-state index contributed by atoms with van der Waals surface area (Å²) in [5.74, 6) is 0.00246. The molecule has 1 aliphatic heterocycles. The van der Waals surface area contributed by atoms with Crippen LogP contribution in [0.1, 0.15) is 0 Å². The van der Waals surface area contributed by atoms with Crippen LogP contribution in [-0.2, 0) is 19.4 Å². The maximum absolute atomic E-state index is 11.2. The van der Waals surface area contributed by atoms with Gasteiger partial charge >= 0.3 is 0 Å². The second kappa shape index (κ2) is 4.06. The number of ether oxygens (including phenoxy) is 1. The molecule has 13 heavy (non-hydrogen) atoms. The average Bonchev–Trinajstić information content (AvgIpc) is 2.04. The van der Waals surface area contributed by atoms with Crippen LogP contribution in [0.5, 0.6) is 0 Å². The van der Waals surface area contributed by atoms with Gasteiger partial charge in [-0.25, -0.2) is 8.42 Å². The minimum absolute atomic E-state index is 0.0278. The first-order valence-electron chi connectivity index (χ1n) is 4.02. The first kappa shape index (κ1) is 10.5. The van der Waals surface area contributed by atoms with Crippen molar-refractivity contribution in [3.8, 4) is 0 Å². The van der Waals surface area contributed by atoms with Gasteiger partial charge in [-0.1, -0.05) is 0 Å². The highest BCUT2D eigenvalue weighted by atomic mass is 32.2. The lowest BCUT2D eigenvalue weighted by Crippen LogP contribution is -2.45. The summed E-state index contributed by atoms with van der Waals surface area (Å²) in [5, 5.41) is 0. The summed E-state index contributed by atoms with van der Waals surface area (Å²) in [7, 11) is -1.46. The molecule has 0 saturated carbocycles. The van der Waals surface area contributed by atoms with Crippen molar-refractivity contribution >= 4 is 15.7 Å². The molecule has 1 amide bonds. The van der Waals surface area contributed by atoms with Crippen molar-refractivity contribution in [2.75, 3.05) is 38.3 Å². The number of hydrogen-bond acceptors (Lipinski definition) is 4. The lowest BCUT2D eigenvalue weighted by Gasteiger charge is -2.26. The highest BCUT2D eigenvalue weighted by Gasteiger charge is 2.24. The molecule has 0 radical (unpaired) electrons. The van der Waals surface area contributed by atoms with Gasteiger partial charge in [-0.2, -0.15) is 0 Å². The molecule has 0 unspecified atom stereocenters. The quantitative estimate of drug-likeness (QED) is 0.576. The van der Waals surface area contributed by atoms with Gasteiger partial charge < -0.3 is 9.64 Å². The first-order chi connectivity index (χ1) is 6.05. The van der Waals surface area contributed by atoms with E-state index in [-0.39, 0.29) is 24.0 Å². The monoisotopic (exact) mass is 207 g/mol. The van der Waals surface area contributed by atoms with Crippen LogP contribution in [0.15, 0.2) is 0 Å². The van der Waals surface area contributed by atoms with Crippen molar-refractivity contribution in [3.63, 3.8) is 0 Å². The van der Waals surface area contributed by atoms with E-state index in [4.69, 9.17) is 0 Å². The fraction of sp³-hybridized carbons (Fsp3) is 0.857. The van der Waals surface area contributed by atoms with Gasteiger partial charge in [0.25, 0.3) is 0 Å². The van der Waals surface area contributed by atoms with E-state index in [2.05, 4.69) is 4.74 Å².